The summed E-state index contributed by atoms with van der Waals surface area (Å²) in [6, 6.07) is 13.5. The maximum atomic E-state index is 11.1. The third-order valence-corrected chi connectivity index (χ3v) is 5.63. The van der Waals surface area contributed by atoms with Gasteiger partial charge in [-0.25, -0.2) is 8.42 Å². The van der Waals surface area contributed by atoms with Crippen molar-refractivity contribution in [3.63, 3.8) is 0 Å². The van der Waals surface area contributed by atoms with E-state index in [-0.39, 0.29) is 34.5 Å². The first-order valence-electron chi connectivity index (χ1n) is 10.3. The quantitative estimate of drug-likeness (QED) is 0.279. The maximum absolute atomic E-state index is 11.1. The van der Waals surface area contributed by atoms with Gasteiger partial charge in [-0.1, -0.05) is 76.5 Å². The van der Waals surface area contributed by atoms with E-state index in [1.165, 1.54) is 75.1 Å². The van der Waals surface area contributed by atoms with Gasteiger partial charge in [0.05, 0.1) is 4.90 Å². The molecule has 29 heavy (non-hydrogen) atoms. The summed E-state index contributed by atoms with van der Waals surface area (Å²) < 4.78 is 39.2. The van der Waals surface area contributed by atoms with Crippen LogP contribution < -0.4 is 34.3 Å². The minimum atomic E-state index is -4.48. The van der Waals surface area contributed by atoms with Crippen LogP contribution in [0.25, 0.3) is 0 Å². The summed E-state index contributed by atoms with van der Waals surface area (Å²) in [5, 5.41) is 0. The van der Waals surface area contributed by atoms with Crippen LogP contribution in [0.3, 0.4) is 0 Å². The number of hydrogen-bond donors (Lipinski definition) is 0. The molecule has 0 saturated carbocycles. The smallest absolute Gasteiger partial charge is 0.744 e. The van der Waals surface area contributed by atoms with Crippen molar-refractivity contribution >= 4 is 10.1 Å². The second kappa shape index (κ2) is 14.2. The number of rotatable bonds is 13. The van der Waals surface area contributed by atoms with E-state index in [9.17, 15) is 13.0 Å². The van der Waals surface area contributed by atoms with Gasteiger partial charge in [-0.15, -0.1) is 0 Å². The fourth-order valence-electron chi connectivity index (χ4n) is 3.23. The van der Waals surface area contributed by atoms with Crippen molar-refractivity contribution in [1.29, 1.82) is 0 Å². The molecule has 2 aromatic rings. The van der Waals surface area contributed by atoms with Crippen LogP contribution in [-0.4, -0.2) is 13.0 Å². The van der Waals surface area contributed by atoms with Gasteiger partial charge >= 0.3 is 29.6 Å². The Morgan fingerprint density at radius 2 is 1.34 bits per heavy atom. The molecule has 4 nitrogen and oxygen atoms in total. The molecule has 0 atom stereocenters. The Morgan fingerprint density at radius 1 is 0.793 bits per heavy atom. The normalized spacial score (nSPS) is 11.1. The van der Waals surface area contributed by atoms with Crippen molar-refractivity contribution in [2.75, 3.05) is 0 Å². The van der Waals surface area contributed by atoms with Crippen molar-refractivity contribution in [3.05, 3.63) is 54.1 Å². The van der Waals surface area contributed by atoms with E-state index >= 15 is 0 Å². The molecule has 0 radical (unpaired) electrons. The Hall–Kier alpha value is -0.850. The molecule has 0 aliphatic rings. The van der Waals surface area contributed by atoms with Gasteiger partial charge in [0.2, 0.25) is 0 Å². The Morgan fingerprint density at radius 3 is 1.97 bits per heavy atom. The van der Waals surface area contributed by atoms with Crippen molar-refractivity contribution < 1.29 is 47.3 Å². The Balaban J connectivity index is 0.00000420. The van der Waals surface area contributed by atoms with Gasteiger partial charge in [-0.2, -0.15) is 0 Å². The summed E-state index contributed by atoms with van der Waals surface area (Å²) in [6.45, 7) is 2.24. The minimum Gasteiger partial charge on any atom is -0.744 e. The predicted octanol–water partition coefficient (Wildman–Crippen LogP) is 3.46. The Kier molecular flexibility index (Phi) is 12.8. The van der Waals surface area contributed by atoms with E-state index < -0.39 is 10.1 Å². The predicted molar refractivity (Wildman–Crippen MR) is 112 cm³/mol. The molecule has 0 spiro atoms. The second-order valence-corrected chi connectivity index (χ2v) is 8.64. The standard InChI is InChI=1S/C23H32O4S.Na/c1-2-3-4-5-6-7-8-9-10-13-20-14-11-15-21(18-20)27-22-16-12-17-23(19-22)28(24,25)26;/h11-12,14-19H,2-10,13H2,1H3,(H,24,25,26);/q;+1/p-1. The molecule has 0 fully saturated rings. The maximum Gasteiger partial charge on any atom is 1.00 e. The van der Waals surface area contributed by atoms with Crippen molar-refractivity contribution in [3.8, 4) is 11.5 Å². The number of benzene rings is 2. The van der Waals surface area contributed by atoms with Gasteiger partial charge in [-0.3, -0.25) is 0 Å². The molecule has 0 saturated heterocycles. The molecule has 2 rings (SSSR count). The number of hydrogen-bond acceptors (Lipinski definition) is 4. The van der Waals surface area contributed by atoms with Crippen LogP contribution >= 0.6 is 0 Å². The topological polar surface area (TPSA) is 66.4 Å². The van der Waals surface area contributed by atoms with Gasteiger partial charge in [0, 0.05) is 0 Å². The van der Waals surface area contributed by atoms with Crippen LogP contribution in [0.15, 0.2) is 53.4 Å². The van der Waals surface area contributed by atoms with E-state index in [2.05, 4.69) is 13.0 Å². The first-order valence-corrected chi connectivity index (χ1v) is 11.7. The number of aryl methyl sites for hydroxylation is 1. The van der Waals surface area contributed by atoms with E-state index in [4.69, 9.17) is 4.74 Å². The summed E-state index contributed by atoms with van der Waals surface area (Å²) in [6.07, 6.45) is 12.7. The molecule has 0 N–H and O–H groups in total. The molecular weight excluding hydrogens is 395 g/mol. The SMILES string of the molecule is CCCCCCCCCCCc1cccc(Oc2cccc(S(=O)(=O)[O-])c2)c1.[Na+]. The zero-order valence-corrected chi connectivity index (χ0v) is 20.5. The molecule has 0 heterocycles. The molecule has 6 heteroatoms. The molecule has 154 valence electrons. The molecule has 0 aliphatic heterocycles. The summed E-state index contributed by atoms with van der Waals surface area (Å²) in [7, 11) is -4.48. The van der Waals surface area contributed by atoms with E-state index in [0.717, 1.165) is 12.8 Å². The summed E-state index contributed by atoms with van der Waals surface area (Å²) in [4.78, 5) is -0.282. The summed E-state index contributed by atoms with van der Waals surface area (Å²) in [5.74, 6) is 0.992. The Bertz CT molecular complexity index is 821. The third kappa shape index (κ3) is 10.7. The van der Waals surface area contributed by atoms with Crippen molar-refractivity contribution in [2.24, 2.45) is 0 Å². The van der Waals surface area contributed by atoms with Gasteiger partial charge in [0.25, 0.3) is 0 Å². The zero-order valence-electron chi connectivity index (χ0n) is 17.7. The molecule has 0 aliphatic carbocycles. The van der Waals surface area contributed by atoms with Crippen LogP contribution in [-0.2, 0) is 16.5 Å². The van der Waals surface area contributed by atoms with Gasteiger partial charge in [-0.05, 0) is 48.7 Å². The summed E-state index contributed by atoms with van der Waals surface area (Å²) in [5.41, 5.74) is 1.20. The fraction of sp³-hybridized carbons (Fsp3) is 0.478. The second-order valence-electron chi connectivity index (χ2n) is 7.26. The first kappa shape index (κ1) is 26.2. The monoisotopic (exact) mass is 426 g/mol. The molecular formula is C23H31NaO4S. The van der Waals surface area contributed by atoms with Crippen LogP contribution in [0.2, 0.25) is 0 Å². The molecule has 0 bridgehead atoms. The van der Waals surface area contributed by atoms with E-state index in [0.29, 0.717) is 11.5 Å². The van der Waals surface area contributed by atoms with Crippen LogP contribution in [0.1, 0.15) is 70.3 Å². The zero-order chi connectivity index (χ0) is 20.2. The van der Waals surface area contributed by atoms with Gasteiger partial charge < -0.3 is 9.29 Å². The molecule has 0 unspecified atom stereocenters. The summed E-state index contributed by atoms with van der Waals surface area (Å²) >= 11 is 0. The fourth-order valence-corrected chi connectivity index (χ4v) is 3.74. The minimum absolute atomic E-state index is 0. The number of ether oxygens (including phenoxy) is 1. The number of unbranched alkanes of at least 4 members (excludes halogenated alkanes) is 8. The third-order valence-electron chi connectivity index (χ3n) is 4.80. The molecule has 0 amide bonds. The van der Waals surface area contributed by atoms with Crippen LogP contribution in [0.5, 0.6) is 11.5 Å². The average molecular weight is 427 g/mol. The molecule has 2 aromatic carbocycles. The first-order chi connectivity index (χ1) is 13.5. The largest absolute Gasteiger partial charge is 1.00 e. The molecule has 0 aromatic heterocycles. The van der Waals surface area contributed by atoms with Crippen LogP contribution in [0, 0.1) is 0 Å². The average Bonchev–Trinajstić information content (AvgIpc) is 2.67. The Labute approximate surface area is 198 Å². The van der Waals surface area contributed by atoms with Gasteiger partial charge in [0.1, 0.15) is 21.6 Å². The van der Waals surface area contributed by atoms with E-state index in [1.807, 2.05) is 18.2 Å². The van der Waals surface area contributed by atoms with Gasteiger partial charge in [0.15, 0.2) is 0 Å². The van der Waals surface area contributed by atoms with Crippen LogP contribution in [0.4, 0.5) is 0 Å². The van der Waals surface area contributed by atoms with Crippen molar-refractivity contribution in [2.45, 2.75) is 76.0 Å². The van der Waals surface area contributed by atoms with E-state index in [1.54, 1.807) is 6.07 Å². The van der Waals surface area contributed by atoms with Crippen molar-refractivity contribution in [1.82, 2.24) is 0 Å².